The lowest BCUT2D eigenvalue weighted by Gasteiger charge is -2.13. The minimum absolute atomic E-state index is 0.149. The highest BCUT2D eigenvalue weighted by Crippen LogP contribution is 2.22. The second-order valence-corrected chi connectivity index (χ2v) is 3.50. The topological polar surface area (TPSA) is 38.1 Å². The molecule has 15 heavy (non-hydrogen) atoms. The average molecular weight is 202 g/mol. The third-order valence-electron chi connectivity index (χ3n) is 2.39. The molecular weight excluding hydrogens is 188 g/mol. The van der Waals surface area contributed by atoms with Gasteiger partial charge in [-0.3, -0.25) is 4.98 Å². The summed E-state index contributed by atoms with van der Waals surface area (Å²) in [6.07, 6.45) is 5.42. The van der Waals surface area contributed by atoms with E-state index in [1.165, 1.54) is 0 Å². The minimum Gasteiger partial charge on any atom is -0.469 e. The molecule has 0 fully saturated rings. The molecule has 3 nitrogen and oxygen atoms in total. The van der Waals surface area contributed by atoms with Gasteiger partial charge in [-0.15, -0.1) is 0 Å². The van der Waals surface area contributed by atoms with Crippen LogP contribution in [0.4, 0.5) is 0 Å². The zero-order chi connectivity index (χ0) is 10.7. The lowest BCUT2D eigenvalue weighted by atomic mass is 10.0. The molecule has 0 saturated carbocycles. The van der Waals surface area contributed by atoms with Gasteiger partial charge in [-0.25, -0.2) is 0 Å². The summed E-state index contributed by atoms with van der Waals surface area (Å²) in [5, 5.41) is 3.25. The van der Waals surface area contributed by atoms with E-state index in [0.29, 0.717) is 0 Å². The third-order valence-corrected chi connectivity index (χ3v) is 2.39. The molecule has 0 aliphatic rings. The van der Waals surface area contributed by atoms with E-state index < -0.39 is 0 Å². The van der Waals surface area contributed by atoms with Crippen molar-refractivity contribution < 1.29 is 4.42 Å². The lowest BCUT2D eigenvalue weighted by molar-refractivity contribution is 0.527. The number of pyridine rings is 1. The number of nitrogens with one attached hydrogen (secondary N) is 1. The second-order valence-electron chi connectivity index (χ2n) is 3.50. The SMILES string of the molecule is CNC(c1cccnc1)c1coc(C)c1. The highest BCUT2D eigenvalue weighted by Gasteiger charge is 2.13. The maximum absolute atomic E-state index is 5.31. The van der Waals surface area contributed by atoms with Crippen molar-refractivity contribution in [2.75, 3.05) is 7.05 Å². The van der Waals surface area contributed by atoms with Crippen molar-refractivity contribution >= 4 is 0 Å². The smallest absolute Gasteiger partial charge is 0.101 e. The van der Waals surface area contributed by atoms with Gasteiger partial charge in [0.2, 0.25) is 0 Å². The Labute approximate surface area is 89.1 Å². The van der Waals surface area contributed by atoms with E-state index >= 15 is 0 Å². The summed E-state index contributed by atoms with van der Waals surface area (Å²) in [5.41, 5.74) is 2.27. The van der Waals surface area contributed by atoms with Crippen LogP contribution in [0, 0.1) is 6.92 Å². The van der Waals surface area contributed by atoms with Crippen LogP contribution in [0.15, 0.2) is 41.3 Å². The predicted octanol–water partition coefficient (Wildman–Crippen LogP) is 2.29. The van der Waals surface area contributed by atoms with Crippen molar-refractivity contribution in [1.82, 2.24) is 10.3 Å². The molecule has 1 unspecified atom stereocenters. The van der Waals surface area contributed by atoms with Crippen LogP contribution in [0.3, 0.4) is 0 Å². The number of hydrogen-bond donors (Lipinski definition) is 1. The molecule has 2 aromatic rings. The van der Waals surface area contributed by atoms with Gasteiger partial charge in [0.15, 0.2) is 0 Å². The van der Waals surface area contributed by atoms with Crippen molar-refractivity contribution in [1.29, 1.82) is 0 Å². The van der Waals surface area contributed by atoms with Gasteiger partial charge in [0, 0.05) is 18.0 Å². The van der Waals surface area contributed by atoms with E-state index in [2.05, 4.69) is 16.4 Å². The number of aryl methyl sites for hydroxylation is 1. The molecule has 0 saturated heterocycles. The van der Waals surface area contributed by atoms with Gasteiger partial charge in [-0.05, 0) is 31.7 Å². The van der Waals surface area contributed by atoms with Crippen LogP contribution in [-0.4, -0.2) is 12.0 Å². The Kier molecular flexibility index (Phi) is 2.83. The summed E-state index contributed by atoms with van der Waals surface area (Å²) in [6, 6.07) is 6.17. The van der Waals surface area contributed by atoms with E-state index in [0.717, 1.165) is 16.9 Å². The quantitative estimate of drug-likeness (QED) is 0.829. The van der Waals surface area contributed by atoms with Crippen molar-refractivity contribution in [2.45, 2.75) is 13.0 Å². The van der Waals surface area contributed by atoms with Gasteiger partial charge >= 0.3 is 0 Å². The van der Waals surface area contributed by atoms with Crippen molar-refractivity contribution in [3.05, 3.63) is 53.7 Å². The van der Waals surface area contributed by atoms with E-state index in [-0.39, 0.29) is 6.04 Å². The fourth-order valence-electron chi connectivity index (χ4n) is 1.69. The standard InChI is InChI=1S/C12H14N2O/c1-9-6-11(8-15-9)12(13-2)10-4-3-5-14-7-10/h3-8,12-13H,1-2H3. The molecule has 0 bridgehead atoms. The van der Waals surface area contributed by atoms with Crippen LogP contribution < -0.4 is 5.32 Å². The van der Waals surface area contributed by atoms with Crippen LogP contribution in [-0.2, 0) is 0 Å². The van der Waals surface area contributed by atoms with Gasteiger partial charge < -0.3 is 9.73 Å². The third kappa shape index (κ3) is 2.07. The zero-order valence-corrected chi connectivity index (χ0v) is 8.90. The lowest BCUT2D eigenvalue weighted by Crippen LogP contribution is -2.17. The first kappa shape index (κ1) is 9.93. The maximum Gasteiger partial charge on any atom is 0.101 e. The Morgan fingerprint density at radius 2 is 2.27 bits per heavy atom. The van der Waals surface area contributed by atoms with Crippen LogP contribution >= 0.6 is 0 Å². The van der Waals surface area contributed by atoms with Gasteiger partial charge in [-0.2, -0.15) is 0 Å². The molecule has 0 spiro atoms. The summed E-state index contributed by atoms with van der Waals surface area (Å²) in [6.45, 7) is 1.94. The number of aromatic nitrogens is 1. The van der Waals surface area contributed by atoms with Crippen molar-refractivity contribution in [3.63, 3.8) is 0 Å². The Morgan fingerprint density at radius 3 is 2.80 bits per heavy atom. The van der Waals surface area contributed by atoms with Crippen LogP contribution in [0.25, 0.3) is 0 Å². The van der Waals surface area contributed by atoms with Crippen LogP contribution in [0.5, 0.6) is 0 Å². The summed E-state index contributed by atoms with van der Waals surface area (Å²) < 4.78 is 5.31. The molecule has 0 aromatic carbocycles. The van der Waals surface area contributed by atoms with Crippen LogP contribution in [0.1, 0.15) is 22.9 Å². The Hall–Kier alpha value is -1.61. The fraction of sp³-hybridized carbons (Fsp3) is 0.250. The van der Waals surface area contributed by atoms with E-state index in [4.69, 9.17) is 4.42 Å². The second kappa shape index (κ2) is 4.28. The normalized spacial score (nSPS) is 12.7. The Morgan fingerprint density at radius 1 is 1.40 bits per heavy atom. The highest BCUT2D eigenvalue weighted by molar-refractivity contribution is 5.28. The molecule has 2 heterocycles. The van der Waals surface area contributed by atoms with Crippen molar-refractivity contribution in [2.24, 2.45) is 0 Å². The molecule has 0 aliphatic heterocycles. The van der Waals surface area contributed by atoms with E-state index in [9.17, 15) is 0 Å². The summed E-state index contributed by atoms with van der Waals surface area (Å²) in [4.78, 5) is 4.12. The highest BCUT2D eigenvalue weighted by atomic mass is 16.3. The monoisotopic (exact) mass is 202 g/mol. The molecule has 78 valence electrons. The number of hydrogen-bond acceptors (Lipinski definition) is 3. The molecule has 0 aliphatic carbocycles. The number of nitrogens with zero attached hydrogens (tertiary/aromatic N) is 1. The predicted molar refractivity (Wildman–Crippen MR) is 58.6 cm³/mol. The summed E-state index contributed by atoms with van der Waals surface area (Å²) in [7, 11) is 1.93. The molecule has 0 radical (unpaired) electrons. The minimum atomic E-state index is 0.149. The van der Waals surface area contributed by atoms with Gasteiger partial charge in [-0.1, -0.05) is 6.07 Å². The molecule has 2 aromatic heterocycles. The van der Waals surface area contributed by atoms with Gasteiger partial charge in [0.05, 0.1) is 12.3 Å². The Balaban J connectivity index is 2.33. The molecular formula is C12H14N2O. The maximum atomic E-state index is 5.31. The molecule has 0 amide bonds. The van der Waals surface area contributed by atoms with E-state index in [1.807, 2.05) is 32.3 Å². The van der Waals surface area contributed by atoms with Crippen LogP contribution in [0.2, 0.25) is 0 Å². The number of rotatable bonds is 3. The number of furan rings is 1. The first-order valence-electron chi connectivity index (χ1n) is 4.93. The summed E-state index contributed by atoms with van der Waals surface area (Å²) in [5.74, 6) is 0.925. The average Bonchev–Trinajstić information content (AvgIpc) is 2.68. The first-order chi connectivity index (χ1) is 7.31. The van der Waals surface area contributed by atoms with Crippen molar-refractivity contribution in [3.8, 4) is 0 Å². The van der Waals surface area contributed by atoms with E-state index in [1.54, 1.807) is 12.5 Å². The molecule has 1 atom stereocenters. The molecule has 1 N–H and O–H groups in total. The van der Waals surface area contributed by atoms with Gasteiger partial charge in [0.1, 0.15) is 5.76 Å². The Bertz CT molecular complexity index is 422. The molecule has 3 heteroatoms. The summed E-state index contributed by atoms with van der Waals surface area (Å²) >= 11 is 0. The fourth-order valence-corrected chi connectivity index (χ4v) is 1.69. The van der Waals surface area contributed by atoms with Gasteiger partial charge in [0.25, 0.3) is 0 Å². The first-order valence-corrected chi connectivity index (χ1v) is 4.93. The zero-order valence-electron chi connectivity index (χ0n) is 8.90. The largest absolute Gasteiger partial charge is 0.469 e. The molecule has 2 rings (SSSR count).